The molecule has 0 unspecified atom stereocenters. The molecule has 0 saturated carbocycles. The van der Waals surface area contributed by atoms with Crippen LogP contribution in [0.4, 0.5) is 5.69 Å². The summed E-state index contributed by atoms with van der Waals surface area (Å²) in [5, 5.41) is 40.0. The zero-order valence-corrected chi connectivity index (χ0v) is 23.0. The number of phenolic OH excluding ortho intramolecular Hbond substituents is 1. The summed E-state index contributed by atoms with van der Waals surface area (Å²) >= 11 is 0. The third-order valence-corrected chi connectivity index (χ3v) is 8.71. The molecule has 2 aliphatic heterocycles. The van der Waals surface area contributed by atoms with Gasteiger partial charge in [0.15, 0.2) is 0 Å². The predicted molar refractivity (Wildman–Crippen MR) is 159 cm³/mol. The standard InChI is InChI=1S/C33H32BNO7/c36-18-23-16-26-31(33(39)35(32(26)38)25-11-6-10-24(17-25)34(40)41)27-19-42-29(30(23)27)14-13-21(20-7-2-1-3-8-20)15-22-9-4-5-12-28(22)37/h1-12,15,17,26-27,29,31,36-37,40-41H,13-14,16,18-19H2/b21-15-/t26-,27+,29-,31-/m1/s1. The molecule has 2 saturated heterocycles. The minimum absolute atomic E-state index is 0.188. The number of aromatic hydroxyl groups is 1. The Balaban J connectivity index is 1.27. The maximum atomic E-state index is 13.8. The Morgan fingerprint density at radius 2 is 1.71 bits per heavy atom. The number of para-hydroxylation sites is 1. The Morgan fingerprint density at radius 3 is 2.45 bits per heavy atom. The molecule has 3 aliphatic rings. The number of nitrogens with zero attached hydrogens (tertiary/aromatic N) is 1. The van der Waals surface area contributed by atoms with E-state index < -0.39 is 19.0 Å². The van der Waals surface area contributed by atoms with Crippen molar-refractivity contribution in [3.05, 3.63) is 101 Å². The van der Waals surface area contributed by atoms with Gasteiger partial charge in [-0.05, 0) is 71.3 Å². The van der Waals surface area contributed by atoms with Gasteiger partial charge < -0.3 is 25.0 Å². The van der Waals surface area contributed by atoms with Crippen molar-refractivity contribution < 1.29 is 34.6 Å². The fourth-order valence-electron chi connectivity index (χ4n) is 6.73. The largest absolute Gasteiger partial charge is 0.507 e. The van der Waals surface area contributed by atoms with E-state index in [9.17, 15) is 29.9 Å². The molecular formula is C33H32BNO7. The molecule has 3 aromatic carbocycles. The number of imide groups is 1. The van der Waals surface area contributed by atoms with Gasteiger partial charge in [0.05, 0.1) is 36.8 Å². The van der Waals surface area contributed by atoms with Crippen LogP contribution in [0.2, 0.25) is 0 Å². The molecule has 8 nitrogen and oxygen atoms in total. The summed E-state index contributed by atoms with van der Waals surface area (Å²) in [4.78, 5) is 28.5. The van der Waals surface area contributed by atoms with Gasteiger partial charge in [0, 0.05) is 11.5 Å². The second kappa shape index (κ2) is 11.7. The van der Waals surface area contributed by atoms with Crippen LogP contribution in [-0.4, -0.2) is 58.5 Å². The van der Waals surface area contributed by atoms with E-state index in [0.717, 1.165) is 27.2 Å². The average molecular weight is 565 g/mol. The SMILES string of the molecule is O=C1[C@@H]2[C@@H](CC(CO)=C3[C@@H](CC/C(=C/c4ccccc4O)c4ccccc4)OC[C@@H]32)C(=O)N1c1cccc(B(O)O)c1. The van der Waals surface area contributed by atoms with E-state index in [1.165, 1.54) is 12.1 Å². The molecule has 0 radical (unpaired) electrons. The van der Waals surface area contributed by atoms with Crippen LogP contribution in [0.1, 0.15) is 30.4 Å². The Morgan fingerprint density at radius 1 is 0.952 bits per heavy atom. The summed E-state index contributed by atoms with van der Waals surface area (Å²) in [7, 11) is -1.72. The Hall–Kier alpha value is -4.02. The van der Waals surface area contributed by atoms with Crippen molar-refractivity contribution in [2.75, 3.05) is 18.1 Å². The molecule has 4 atom stereocenters. The molecule has 42 heavy (non-hydrogen) atoms. The lowest BCUT2D eigenvalue weighted by atomic mass is 9.69. The van der Waals surface area contributed by atoms with Gasteiger partial charge in [0.1, 0.15) is 5.75 Å². The Labute approximate surface area is 244 Å². The monoisotopic (exact) mass is 565 g/mol. The number of allylic oxidation sites excluding steroid dienone is 1. The fraction of sp³-hybridized carbons (Fsp3) is 0.273. The number of benzene rings is 3. The van der Waals surface area contributed by atoms with Crippen molar-refractivity contribution in [1.29, 1.82) is 0 Å². The number of aliphatic hydroxyl groups excluding tert-OH is 1. The zero-order chi connectivity index (χ0) is 29.4. The van der Waals surface area contributed by atoms with Crippen LogP contribution in [0, 0.1) is 17.8 Å². The molecule has 214 valence electrons. The molecule has 2 heterocycles. The zero-order valence-electron chi connectivity index (χ0n) is 23.0. The fourth-order valence-corrected chi connectivity index (χ4v) is 6.73. The normalized spacial score (nSPS) is 23.8. The smallest absolute Gasteiger partial charge is 0.488 e. The summed E-state index contributed by atoms with van der Waals surface area (Å²) in [5.41, 5.74) is 4.91. The van der Waals surface area contributed by atoms with Crippen molar-refractivity contribution in [2.45, 2.75) is 25.4 Å². The molecule has 4 N–H and O–H groups in total. The molecule has 2 fully saturated rings. The quantitative estimate of drug-likeness (QED) is 0.143. The molecule has 3 aromatic rings. The van der Waals surface area contributed by atoms with Crippen LogP contribution < -0.4 is 10.4 Å². The number of hydrogen-bond acceptors (Lipinski definition) is 7. The van der Waals surface area contributed by atoms with Gasteiger partial charge in [-0.15, -0.1) is 0 Å². The molecule has 0 bridgehead atoms. The van der Waals surface area contributed by atoms with E-state index in [0.29, 0.717) is 24.1 Å². The van der Waals surface area contributed by atoms with Gasteiger partial charge >= 0.3 is 7.12 Å². The lowest BCUT2D eigenvalue weighted by Crippen LogP contribution is -2.35. The first-order valence-corrected chi connectivity index (χ1v) is 14.2. The number of anilines is 1. The maximum absolute atomic E-state index is 13.8. The highest BCUT2D eigenvalue weighted by Crippen LogP contribution is 2.50. The van der Waals surface area contributed by atoms with Crippen LogP contribution in [0.3, 0.4) is 0 Å². The number of carbonyl (C=O) groups is 2. The van der Waals surface area contributed by atoms with Crippen LogP contribution in [-0.2, 0) is 14.3 Å². The number of ether oxygens (including phenoxy) is 1. The first-order chi connectivity index (χ1) is 20.4. The van der Waals surface area contributed by atoms with Crippen LogP contribution in [0.25, 0.3) is 11.6 Å². The maximum Gasteiger partial charge on any atom is 0.488 e. The molecule has 1 aliphatic carbocycles. The average Bonchev–Trinajstić information content (AvgIpc) is 3.54. The number of fused-ring (bicyclic) bond motifs is 3. The van der Waals surface area contributed by atoms with E-state index in [1.807, 2.05) is 48.5 Å². The minimum Gasteiger partial charge on any atom is -0.507 e. The molecule has 9 heteroatoms. The first kappa shape index (κ1) is 28.1. The van der Waals surface area contributed by atoms with E-state index in [4.69, 9.17) is 4.74 Å². The van der Waals surface area contributed by atoms with Gasteiger partial charge in [0.25, 0.3) is 0 Å². The molecule has 0 spiro atoms. The number of aliphatic hydroxyl groups is 1. The third kappa shape index (κ3) is 5.09. The summed E-state index contributed by atoms with van der Waals surface area (Å²) < 4.78 is 6.28. The minimum atomic E-state index is -1.72. The number of carbonyl (C=O) groups excluding carboxylic acids is 2. The predicted octanol–water partition coefficient (Wildman–Crippen LogP) is 2.91. The van der Waals surface area contributed by atoms with Gasteiger partial charge in [0.2, 0.25) is 11.8 Å². The van der Waals surface area contributed by atoms with E-state index in [2.05, 4.69) is 0 Å². The lowest BCUT2D eigenvalue weighted by Gasteiger charge is -2.31. The highest BCUT2D eigenvalue weighted by Gasteiger charge is 2.57. The number of hydrogen-bond donors (Lipinski definition) is 4. The first-order valence-electron chi connectivity index (χ1n) is 14.2. The van der Waals surface area contributed by atoms with Gasteiger partial charge in [-0.2, -0.15) is 0 Å². The summed E-state index contributed by atoms with van der Waals surface area (Å²) in [6, 6.07) is 23.3. The van der Waals surface area contributed by atoms with Crippen molar-refractivity contribution >= 4 is 41.7 Å². The number of rotatable bonds is 8. The molecule has 0 aromatic heterocycles. The lowest BCUT2D eigenvalue weighted by molar-refractivity contribution is -0.122. The Kier molecular flexibility index (Phi) is 7.83. The van der Waals surface area contributed by atoms with Crippen molar-refractivity contribution in [1.82, 2.24) is 0 Å². The summed E-state index contributed by atoms with van der Waals surface area (Å²) in [6.45, 7) is 0.0542. The van der Waals surface area contributed by atoms with Crippen molar-refractivity contribution in [3.8, 4) is 5.75 Å². The summed E-state index contributed by atoms with van der Waals surface area (Å²) in [5.74, 6) is -2.03. The molecular weight excluding hydrogens is 533 g/mol. The Bertz CT molecular complexity index is 1570. The molecule has 2 amide bonds. The van der Waals surface area contributed by atoms with Crippen molar-refractivity contribution in [3.63, 3.8) is 0 Å². The van der Waals surface area contributed by atoms with E-state index in [-0.39, 0.29) is 54.7 Å². The van der Waals surface area contributed by atoms with Crippen LogP contribution in [0.5, 0.6) is 5.75 Å². The van der Waals surface area contributed by atoms with Gasteiger partial charge in [-0.3, -0.25) is 14.5 Å². The highest BCUT2D eigenvalue weighted by atomic mass is 16.5. The topological polar surface area (TPSA) is 128 Å². The van der Waals surface area contributed by atoms with Crippen molar-refractivity contribution in [2.24, 2.45) is 17.8 Å². The number of amides is 2. The van der Waals surface area contributed by atoms with Crippen LogP contribution >= 0.6 is 0 Å². The summed E-state index contributed by atoms with van der Waals surface area (Å²) in [6.07, 6.45) is 3.16. The van der Waals surface area contributed by atoms with E-state index >= 15 is 0 Å². The second-order valence-corrected chi connectivity index (χ2v) is 11.1. The van der Waals surface area contributed by atoms with Gasteiger partial charge in [-0.1, -0.05) is 60.7 Å². The second-order valence-electron chi connectivity index (χ2n) is 11.1. The highest BCUT2D eigenvalue weighted by molar-refractivity contribution is 6.58. The van der Waals surface area contributed by atoms with E-state index in [1.54, 1.807) is 24.3 Å². The number of phenols is 1. The third-order valence-electron chi connectivity index (χ3n) is 8.71. The molecule has 6 rings (SSSR count). The van der Waals surface area contributed by atoms with Crippen LogP contribution in [0.15, 0.2) is 90.0 Å². The van der Waals surface area contributed by atoms with Gasteiger partial charge in [-0.25, -0.2) is 0 Å².